The summed E-state index contributed by atoms with van der Waals surface area (Å²) >= 11 is 3.24. The van der Waals surface area contributed by atoms with Gasteiger partial charge in [0.2, 0.25) is 0 Å². The van der Waals surface area contributed by atoms with Gasteiger partial charge in [0.15, 0.2) is 0 Å². The van der Waals surface area contributed by atoms with Gasteiger partial charge in [0.05, 0.1) is 9.90 Å². The highest BCUT2D eigenvalue weighted by Crippen LogP contribution is 2.37. The zero-order valence-electron chi connectivity index (χ0n) is 16.1. The van der Waals surface area contributed by atoms with Gasteiger partial charge in [-0.2, -0.15) is 0 Å². The molecule has 4 rings (SSSR count). The van der Waals surface area contributed by atoms with Crippen molar-refractivity contribution < 1.29 is 9.59 Å². The summed E-state index contributed by atoms with van der Waals surface area (Å²) in [6.07, 6.45) is 7.40. The molecule has 0 unspecified atom stereocenters. The van der Waals surface area contributed by atoms with Gasteiger partial charge in [0.25, 0.3) is 11.8 Å². The summed E-state index contributed by atoms with van der Waals surface area (Å²) in [5.74, 6) is -0.300. The Morgan fingerprint density at radius 3 is 2.53 bits per heavy atom. The topological polar surface area (TPSA) is 58.2 Å². The third kappa shape index (κ3) is 5.09. The van der Waals surface area contributed by atoms with Gasteiger partial charge < -0.3 is 10.6 Å². The van der Waals surface area contributed by atoms with Crippen LogP contribution in [0.4, 0.5) is 11.4 Å². The van der Waals surface area contributed by atoms with Crippen molar-refractivity contribution in [2.75, 3.05) is 10.6 Å². The molecule has 1 aliphatic rings. The quantitative estimate of drug-likeness (QED) is 0.476. The molecule has 0 bridgehead atoms. The maximum absolute atomic E-state index is 12.8. The van der Waals surface area contributed by atoms with Gasteiger partial charge in [-0.05, 0) is 54.6 Å². The predicted molar refractivity (Wildman–Crippen MR) is 124 cm³/mol. The minimum absolute atomic E-state index is 0.112. The average Bonchev–Trinajstić information content (AvgIpc) is 3.30. The number of amides is 2. The summed E-state index contributed by atoms with van der Waals surface area (Å²) in [6.45, 7) is 0. The van der Waals surface area contributed by atoms with Gasteiger partial charge in [-0.1, -0.05) is 54.3 Å². The number of nitrogens with one attached hydrogen (secondary N) is 2. The Bertz CT molecular complexity index is 1100. The van der Waals surface area contributed by atoms with Crippen molar-refractivity contribution in [3.63, 3.8) is 0 Å². The summed E-state index contributed by atoms with van der Waals surface area (Å²) in [5.41, 5.74) is 2.65. The lowest BCUT2D eigenvalue weighted by molar-refractivity contribution is -0.113. The molecule has 0 fully saturated rings. The van der Waals surface area contributed by atoms with Crippen LogP contribution >= 0.6 is 23.1 Å². The molecule has 0 atom stereocenters. The van der Waals surface area contributed by atoms with Gasteiger partial charge in [0.1, 0.15) is 0 Å². The smallest absolute Gasteiger partial charge is 0.255 e. The fraction of sp³-hybridized carbons (Fsp3) is 0.0833. The Balaban J connectivity index is 1.59. The van der Waals surface area contributed by atoms with Crippen molar-refractivity contribution in [2.24, 2.45) is 0 Å². The molecule has 0 radical (unpaired) electrons. The molecule has 1 aromatic heterocycles. The van der Waals surface area contributed by atoms with E-state index in [1.165, 1.54) is 0 Å². The molecule has 2 N–H and O–H groups in total. The molecule has 150 valence electrons. The van der Waals surface area contributed by atoms with Crippen molar-refractivity contribution in [2.45, 2.75) is 21.9 Å². The molecule has 0 spiro atoms. The van der Waals surface area contributed by atoms with Crippen LogP contribution in [-0.2, 0) is 4.79 Å². The summed E-state index contributed by atoms with van der Waals surface area (Å²) < 4.78 is 1.13. The summed E-state index contributed by atoms with van der Waals surface area (Å²) in [4.78, 5) is 26.2. The van der Waals surface area contributed by atoms with E-state index in [1.807, 2.05) is 66.1 Å². The third-order valence-corrected chi connectivity index (χ3v) is 6.65. The van der Waals surface area contributed by atoms with Crippen molar-refractivity contribution in [3.8, 4) is 0 Å². The second-order valence-corrected chi connectivity index (χ2v) is 8.97. The average molecular weight is 433 g/mol. The first kappa shape index (κ1) is 20.2. The second-order valence-electron chi connectivity index (χ2n) is 6.68. The van der Waals surface area contributed by atoms with E-state index in [1.54, 1.807) is 35.2 Å². The summed E-state index contributed by atoms with van der Waals surface area (Å²) in [5, 5.41) is 7.97. The number of allylic oxidation sites excluding steroid dienone is 3. The van der Waals surface area contributed by atoms with Crippen LogP contribution < -0.4 is 10.6 Å². The van der Waals surface area contributed by atoms with Crippen molar-refractivity contribution in [3.05, 3.63) is 95.4 Å². The van der Waals surface area contributed by atoms with E-state index in [0.29, 0.717) is 16.9 Å². The molecule has 1 heterocycles. The number of rotatable bonds is 6. The molecule has 0 saturated carbocycles. The zero-order valence-corrected chi connectivity index (χ0v) is 17.8. The monoisotopic (exact) mass is 432 g/mol. The van der Waals surface area contributed by atoms with Crippen molar-refractivity contribution in [1.82, 2.24) is 0 Å². The Morgan fingerprint density at radius 1 is 0.933 bits per heavy atom. The molecule has 30 heavy (non-hydrogen) atoms. The number of anilines is 2. The van der Waals surface area contributed by atoms with E-state index in [9.17, 15) is 9.59 Å². The fourth-order valence-corrected chi connectivity index (χ4v) is 4.81. The van der Waals surface area contributed by atoms with E-state index in [2.05, 4.69) is 16.7 Å². The van der Waals surface area contributed by atoms with Gasteiger partial charge in [0, 0.05) is 21.7 Å². The molecule has 3 aromatic rings. The molecular formula is C24H20N2O2S2. The largest absolute Gasteiger partial charge is 0.322 e. The predicted octanol–water partition coefficient (Wildman–Crippen LogP) is 6.37. The highest BCUT2D eigenvalue weighted by atomic mass is 32.2. The summed E-state index contributed by atoms with van der Waals surface area (Å²) in [6, 6.07) is 18.7. The first-order chi connectivity index (χ1) is 14.7. The SMILES string of the molecule is O=C(Nc1cc(NC(=O)c2ccccc2)ccc1Sc1cccs1)C1=CC=CCC1. The summed E-state index contributed by atoms with van der Waals surface area (Å²) in [7, 11) is 0. The number of hydrogen-bond donors (Lipinski definition) is 2. The lowest BCUT2D eigenvalue weighted by atomic mass is 10.0. The molecule has 2 amide bonds. The first-order valence-electron chi connectivity index (χ1n) is 9.58. The van der Waals surface area contributed by atoms with Crippen LogP contribution in [0.15, 0.2) is 98.9 Å². The normalized spacial score (nSPS) is 12.9. The Kier molecular flexibility index (Phi) is 6.47. The van der Waals surface area contributed by atoms with E-state index < -0.39 is 0 Å². The number of benzene rings is 2. The van der Waals surface area contributed by atoms with Crippen molar-refractivity contribution >= 4 is 46.3 Å². The minimum Gasteiger partial charge on any atom is -0.322 e. The Labute approximate surface area is 183 Å². The molecule has 0 saturated heterocycles. The molecular weight excluding hydrogens is 412 g/mol. The van der Waals surface area contributed by atoms with Crippen LogP contribution in [0.5, 0.6) is 0 Å². The number of thiophene rings is 1. The lowest BCUT2D eigenvalue weighted by Crippen LogP contribution is -2.16. The van der Waals surface area contributed by atoms with Crippen LogP contribution in [0.25, 0.3) is 0 Å². The lowest BCUT2D eigenvalue weighted by Gasteiger charge is -2.15. The van der Waals surface area contributed by atoms with Crippen molar-refractivity contribution in [1.29, 1.82) is 0 Å². The molecule has 2 aromatic carbocycles. The van der Waals surface area contributed by atoms with E-state index in [0.717, 1.165) is 27.5 Å². The number of hydrogen-bond acceptors (Lipinski definition) is 4. The van der Waals surface area contributed by atoms with Crippen LogP contribution in [0.2, 0.25) is 0 Å². The molecule has 6 heteroatoms. The standard InChI is InChI=1S/C24H20N2O2S2/c27-23(17-8-3-1-4-9-17)25-19-13-14-21(30-22-12-7-15-29-22)20(16-19)26-24(28)18-10-5-2-6-11-18/h1-5,7-10,12-16H,6,11H2,(H,25,27)(H,26,28). The van der Waals surface area contributed by atoms with Gasteiger partial charge in [-0.15, -0.1) is 11.3 Å². The third-order valence-electron chi connectivity index (χ3n) is 4.53. The Hall–Kier alpha value is -3.09. The maximum atomic E-state index is 12.8. The van der Waals surface area contributed by atoms with Gasteiger partial charge in [-0.25, -0.2) is 0 Å². The maximum Gasteiger partial charge on any atom is 0.255 e. The highest BCUT2D eigenvalue weighted by molar-refractivity contribution is 8.01. The van der Waals surface area contributed by atoms with E-state index in [-0.39, 0.29) is 11.8 Å². The molecule has 0 aliphatic heterocycles. The van der Waals surface area contributed by atoms with Crippen LogP contribution in [-0.4, -0.2) is 11.8 Å². The first-order valence-corrected chi connectivity index (χ1v) is 11.3. The molecule has 1 aliphatic carbocycles. The minimum atomic E-state index is -0.188. The number of carbonyl (C=O) groups is 2. The molecule has 4 nitrogen and oxygen atoms in total. The van der Waals surface area contributed by atoms with Gasteiger partial charge >= 0.3 is 0 Å². The van der Waals surface area contributed by atoms with Crippen LogP contribution in [0.3, 0.4) is 0 Å². The zero-order chi connectivity index (χ0) is 20.8. The Morgan fingerprint density at radius 2 is 1.80 bits per heavy atom. The van der Waals surface area contributed by atoms with Gasteiger partial charge in [-0.3, -0.25) is 9.59 Å². The van der Waals surface area contributed by atoms with Crippen LogP contribution in [0.1, 0.15) is 23.2 Å². The fourth-order valence-electron chi connectivity index (χ4n) is 3.01. The van der Waals surface area contributed by atoms with Crippen LogP contribution in [0, 0.1) is 0 Å². The van der Waals surface area contributed by atoms with E-state index in [4.69, 9.17) is 0 Å². The van der Waals surface area contributed by atoms with E-state index >= 15 is 0 Å². The number of carbonyl (C=O) groups excluding carboxylic acids is 2. The second kappa shape index (κ2) is 9.61. The highest BCUT2D eigenvalue weighted by Gasteiger charge is 2.15.